The minimum atomic E-state index is -4.54. The molecule has 0 saturated carbocycles. The number of rotatable bonds is 5. The zero-order valence-electron chi connectivity index (χ0n) is 13.1. The molecule has 130 valence electrons. The number of alkyl halides is 3. The molecule has 2 amide bonds. The highest BCUT2D eigenvalue weighted by Gasteiger charge is 2.37. The van der Waals surface area contributed by atoms with Crippen molar-refractivity contribution in [1.82, 2.24) is 20.4 Å². The van der Waals surface area contributed by atoms with Gasteiger partial charge in [-0.05, 0) is 19.3 Å². The van der Waals surface area contributed by atoms with E-state index in [0.29, 0.717) is 13.0 Å². The van der Waals surface area contributed by atoms with Crippen molar-refractivity contribution < 1.29 is 22.7 Å². The van der Waals surface area contributed by atoms with Crippen LogP contribution >= 0.6 is 0 Å². The van der Waals surface area contributed by atoms with Gasteiger partial charge in [0.15, 0.2) is 5.69 Å². The predicted molar refractivity (Wildman–Crippen MR) is 76.6 cm³/mol. The summed E-state index contributed by atoms with van der Waals surface area (Å²) in [5.74, 6) is 0. The van der Waals surface area contributed by atoms with Gasteiger partial charge in [0, 0.05) is 32.0 Å². The highest BCUT2D eigenvalue weighted by atomic mass is 19.4. The average molecular weight is 334 g/mol. The summed E-state index contributed by atoms with van der Waals surface area (Å²) in [6.45, 7) is 2.36. The molecule has 0 aliphatic carbocycles. The van der Waals surface area contributed by atoms with Crippen LogP contribution in [0.3, 0.4) is 0 Å². The Morgan fingerprint density at radius 2 is 2.30 bits per heavy atom. The van der Waals surface area contributed by atoms with E-state index in [2.05, 4.69) is 15.7 Å². The summed E-state index contributed by atoms with van der Waals surface area (Å²) in [6.07, 6.45) is -0.804. The number of carbonyl (C=O) groups excluding carboxylic acids is 1. The molecule has 2 heterocycles. The van der Waals surface area contributed by atoms with Gasteiger partial charge in [-0.1, -0.05) is 6.92 Å². The molecular formula is C14H21F3N4O2. The van der Waals surface area contributed by atoms with Crippen molar-refractivity contribution in [3.05, 3.63) is 17.5 Å². The largest absolute Gasteiger partial charge is 0.435 e. The van der Waals surface area contributed by atoms with Crippen molar-refractivity contribution in [2.45, 2.75) is 51.1 Å². The van der Waals surface area contributed by atoms with Gasteiger partial charge in [0.1, 0.15) is 0 Å². The zero-order chi connectivity index (χ0) is 17.0. The summed E-state index contributed by atoms with van der Waals surface area (Å²) in [6, 6.07) is -0.655. The lowest BCUT2D eigenvalue weighted by Gasteiger charge is -2.23. The molecule has 1 aromatic heterocycles. The average Bonchev–Trinajstić information content (AvgIpc) is 3.11. The molecule has 2 rings (SSSR count). The molecule has 0 radical (unpaired) electrons. The number of halogens is 3. The van der Waals surface area contributed by atoms with Crippen molar-refractivity contribution in [3.8, 4) is 0 Å². The first-order valence-corrected chi connectivity index (χ1v) is 7.57. The molecule has 2 atom stereocenters. The molecule has 1 aliphatic heterocycles. The van der Waals surface area contributed by atoms with Crippen LogP contribution in [0.1, 0.15) is 37.4 Å². The van der Waals surface area contributed by atoms with Crippen LogP contribution in [0.2, 0.25) is 0 Å². The molecule has 1 aromatic rings. The van der Waals surface area contributed by atoms with E-state index < -0.39 is 17.9 Å². The molecule has 23 heavy (non-hydrogen) atoms. The highest BCUT2D eigenvalue weighted by molar-refractivity contribution is 5.74. The Labute approximate surface area is 132 Å². The van der Waals surface area contributed by atoms with E-state index in [9.17, 15) is 18.0 Å². The summed E-state index contributed by atoms with van der Waals surface area (Å²) in [7, 11) is 1.41. The summed E-state index contributed by atoms with van der Waals surface area (Å²) in [5.41, 5.74) is -1.05. The Morgan fingerprint density at radius 3 is 2.87 bits per heavy atom. The molecule has 0 aromatic carbocycles. The highest BCUT2D eigenvalue weighted by Crippen LogP contribution is 2.30. The van der Waals surface area contributed by atoms with E-state index in [-0.39, 0.29) is 24.3 Å². The van der Waals surface area contributed by atoms with Gasteiger partial charge in [-0.25, -0.2) is 4.79 Å². The molecule has 6 nitrogen and oxygen atoms in total. The Bertz CT molecular complexity index is 539. The third-order valence-electron chi connectivity index (χ3n) is 3.78. The maximum Gasteiger partial charge on any atom is 0.435 e. The molecule has 1 fully saturated rings. The Kier molecular flexibility index (Phi) is 5.51. The quantitative estimate of drug-likeness (QED) is 0.867. The number of carbonyl (C=O) groups is 1. The summed E-state index contributed by atoms with van der Waals surface area (Å²) < 4.78 is 45.1. The SMILES string of the molecule is CC[C@@H](NC(=O)NCc1cn(C)nc1C(F)(F)F)[C@H]1CCCO1. The van der Waals surface area contributed by atoms with Crippen LogP contribution in [0.5, 0.6) is 0 Å². The number of hydrogen-bond acceptors (Lipinski definition) is 3. The fourth-order valence-electron chi connectivity index (χ4n) is 2.68. The number of aryl methyl sites for hydroxylation is 1. The standard InChI is InChI=1S/C14H21F3N4O2/c1-3-10(11-5-4-6-23-11)19-13(22)18-7-9-8-21(2)20-12(9)14(15,16)17/h8,10-11H,3-7H2,1-2H3,(H2,18,19,22)/t10-,11-/m1/s1. The van der Waals surface area contributed by atoms with Crippen molar-refractivity contribution in [1.29, 1.82) is 0 Å². The molecule has 0 unspecified atom stereocenters. The molecule has 0 bridgehead atoms. The van der Waals surface area contributed by atoms with Crippen LogP contribution in [0.4, 0.5) is 18.0 Å². The van der Waals surface area contributed by atoms with Crippen LogP contribution in [0, 0.1) is 0 Å². The van der Waals surface area contributed by atoms with Gasteiger partial charge in [0.2, 0.25) is 0 Å². The maximum atomic E-state index is 12.8. The first-order valence-electron chi connectivity index (χ1n) is 7.57. The topological polar surface area (TPSA) is 68.2 Å². The number of nitrogens with one attached hydrogen (secondary N) is 2. The lowest BCUT2D eigenvalue weighted by molar-refractivity contribution is -0.142. The van der Waals surface area contributed by atoms with Crippen LogP contribution in [0.25, 0.3) is 0 Å². The molecule has 1 saturated heterocycles. The zero-order valence-corrected chi connectivity index (χ0v) is 13.1. The Morgan fingerprint density at radius 1 is 1.57 bits per heavy atom. The third-order valence-corrected chi connectivity index (χ3v) is 3.78. The van der Waals surface area contributed by atoms with Gasteiger partial charge in [0.25, 0.3) is 0 Å². The van der Waals surface area contributed by atoms with Crippen molar-refractivity contribution in [3.63, 3.8) is 0 Å². The van der Waals surface area contributed by atoms with Gasteiger partial charge < -0.3 is 15.4 Å². The van der Waals surface area contributed by atoms with E-state index in [1.807, 2.05) is 6.92 Å². The maximum absolute atomic E-state index is 12.8. The predicted octanol–water partition coefficient (Wildman–Crippen LogP) is 2.20. The molecule has 1 aliphatic rings. The number of hydrogen-bond donors (Lipinski definition) is 2. The van der Waals surface area contributed by atoms with E-state index in [0.717, 1.165) is 17.5 Å². The smallest absolute Gasteiger partial charge is 0.376 e. The van der Waals surface area contributed by atoms with Crippen molar-refractivity contribution >= 4 is 6.03 Å². The van der Waals surface area contributed by atoms with E-state index >= 15 is 0 Å². The molecular weight excluding hydrogens is 313 g/mol. The van der Waals surface area contributed by atoms with Gasteiger partial charge in [-0.15, -0.1) is 0 Å². The van der Waals surface area contributed by atoms with Gasteiger partial charge in [-0.2, -0.15) is 18.3 Å². The lowest BCUT2D eigenvalue weighted by atomic mass is 10.1. The number of urea groups is 1. The second-order valence-corrected chi connectivity index (χ2v) is 5.57. The number of amides is 2. The van der Waals surface area contributed by atoms with E-state index in [1.165, 1.54) is 13.2 Å². The van der Waals surface area contributed by atoms with Crippen molar-refractivity contribution in [2.75, 3.05) is 6.61 Å². The molecule has 2 N–H and O–H groups in total. The van der Waals surface area contributed by atoms with Gasteiger partial charge in [-0.3, -0.25) is 4.68 Å². The van der Waals surface area contributed by atoms with E-state index in [4.69, 9.17) is 4.74 Å². The first-order chi connectivity index (χ1) is 10.8. The first kappa shape index (κ1) is 17.6. The second kappa shape index (κ2) is 7.20. The number of nitrogens with zero attached hydrogens (tertiary/aromatic N) is 2. The summed E-state index contributed by atoms with van der Waals surface area (Å²) in [4.78, 5) is 11.9. The van der Waals surface area contributed by atoms with Crippen LogP contribution in [0.15, 0.2) is 6.20 Å². The van der Waals surface area contributed by atoms with Crippen LogP contribution in [-0.2, 0) is 24.5 Å². The third kappa shape index (κ3) is 4.60. The molecule has 0 spiro atoms. The minimum Gasteiger partial charge on any atom is -0.376 e. The second-order valence-electron chi connectivity index (χ2n) is 5.57. The Hall–Kier alpha value is -1.77. The van der Waals surface area contributed by atoms with Gasteiger partial charge >= 0.3 is 12.2 Å². The fraction of sp³-hybridized carbons (Fsp3) is 0.714. The normalized spacial score (nSPS) is 19.6. The number of ether oxygens (including phenoxy) is 1. The lowest BCUT2D eigenvalue weighted by Crippen LogP contribution is -2.47. The van der Waals surface area contributed by atoms with Crippen LogP contribution in [-0.4, -0.2) is 34.6 Å². The van der Waals surface area contributed by atoms with Gasteiger partial charge in [0.05, 0.1) is 12.1 Å². The van der Waals surface area contributed by atoms with E-state index in [1.54, 1.807) is 0 Å². The summed E-state index contributed by atoms with van der Waals surface area (Å²) in [5, 5.41) is 8.61. The Balaban J connectivity index is 1.91. The molecule has 9 heteroatoms. The fourth-order valence-corrected chi connectivity index (χ4v) is 2.68. The van der Waals surface area contributed by atoms with Crippen LogP contribution < -0.4 is 10.6 Å². The van der Waals surface area contributed by atoms with Crippen molar-refractivity contribution in [2.24, 2.45) is 7.05 Å². The summed E-state index contributed by atoms with van der Waals surface area (Å²) >= 11 is 0. The number of aromatic nitrogens is 2. The minimum absolute atomic E-state index is 0.0325. The monoisotopic (exact) mass is 334 g/mol.